The summed E-state index contributed by atoms with van der Waals surface area (Å²) in [6, 6.07) is 5.86. The van der Waals surface area contributed by atoms with Crippen LogP contribution in [0.5, 0.6) is 0 Å². The van der Waals surface area contributed by atoms with Gasteiger partial charge in [0, 0.05) is 44.9 Å². The van der Waals surface area contributed by atoms with Crippen molar-refractivity contribution >= 4 is 23.4 Å². The first-order chi connectivity index (χ1) is 13.4. The Labute approximate surface area is 160 Å². The summed E-state index contributed by atoms with van der Waals surface area (Å²) >= 11 is 0. The molecule has 0 saturated carbocycles. The van der Waals surface area contributed by atoms with E-state index in [1.165, 1.54) is 31.3 Å². The monoisotopic (exact) mass is 388 g/mol. The highest BCUT2D eigenvalue weighted by Crippen LogP contribution is 2.19. The van der Waals surface area contributed by atoms with Crippen LogP contribution >= 0.6 is 0 Å². The number of halogens is 2. The number of para-hydroxylation sites is 1. The van der Waals surface area contributed by atoms with Gasteiger partial charge >= 0.3 is 0 Å². The van der Waals surface area contributed by atoms with Gasteiger partial charge in [-0.3, -0.25) is 19.4 Å². The number of piperazine rings is 1. The zero-order chi connectivity index (χ0) is 20.3. The number of pyridine rings is 1. The minimum Gasteiger partial charge on any atom is -0.339 e. The topological polar surface area (TPSA) is 82.6 Å². The first-order valence-electron chi connectivity index (χ1n) is 8.63. The molecule has 0 spiro atoms. The van der Waals surface area contributed by atoms with Crippen molar-refractivity contribution in [2.75, 3.05) is 31.5 Å². The summed E-state index contributed by atoms with van der Waals surface area (Å²) in [6.45, 7) is 3.04. The van der Waals surface area contributed by atoms with Crippen LogP contribution in [-0.4, -0.2) is 58.7 Å². The highest BCUT2D eigenvalue weighted by Gasteiger charge is 2.24. The number of anilines is 1. The largest absolute Gasteiger partial charge is 0.339 e. The summed E-state index contributed by atoms with van der Waals surface area (Å²) in [4.78, 5) is 43.5. The first-order valence-corrected chi connectivity index (χ1v) is 8.63. The predicted octanol–water partition coefficient (Wildman–Crippen LogP) is 1.92. The molecule has 146 valence electrons. The van der Waals surface area contributed by atoms with E-state index < -0.39 is 23.2 Å². The van der Waals surface area contributed by atoms with Gasteiger partial charge in [0.25, 0.3) is 11.8 Å². The average Bonchev–Trinajstić information content (AvgIpc) is 2.70. The third-order valence-corrected chi connectivity index (χ3v) is 4.45. The molecule has 3 rings (SSSR count). The lowest BCUT2D eigenvalue weighted by Gasteiger charge is -2.34. The van der Waals surface area contributed by atoms with Gasteiger partial charge in [-0.05, 0) is 24.3 Å². The molecule has 1 aliphatic rings. The second-order valence-electron chi connectivity index (χ2n) is 6.28. The van der Waals surface area contributed by atoms with Gasteiger partial charge in [-0.25, -0.2) is 8.78 Å². The molecule has 0 aliphatic carbocycles. The van der Waals surface area contributed by atoms with Gasteiger partial charge in [-0.1, -0.05) is 6.07 Å². The van der Waals surface area contributed by atoms with Crippen molar-refractivity contribution < 1.29 is 23.2 Å². The van der Waals surface area contributed by atoms with Gasteiger partial charge in [0.2, 0.25) is 5.91 Å². The Balaban J connectivity index is 1.72. The van der Waals surface area contributed by atoms with Crippen molar-refractivity contribution in [3.63, 3.8) is 0 Å². The van der Waals surface area contributed by atoms with Gasteiger partial charge < -0.3 is 15.1 Å². The zero-order valence-electron chi connectivity index (χ0n) is 15.1. The highest BCUT2D eigenvalue weighted by molar-refractivity contribution is 6.05. The number of nitrogens with one attached hydrogen (secondary N) is 1. The molecule has 0 radical (unpaired) electrons. The Morgan fingerprint density at radius 2 is 1.61 bits per heavy atom. The van der Waals surface area contributed by atoms with Gasteiger partial charge in [0.1, 0.15) is 23.0 Å². The van der Waals surface area contributed by atoms with Crippen LogP contribution in [0.15, 0.2) is 36.5 Å². The maximum Gasteiger partial charge on any atom is 0.272 e. The van der Waals surface area contributed by atoms with Crippen LogP contribution in [0.2, 0.25) is 0 Å². The molecular weight excluding hydrogens is 370 g/mol. The molecule has 0 atom stereocenters. The SMILES string of the molecule is CC(=O)N1CCN(C(=O)c2cc(C(=O)Nc3c(F)cccc3F)ccn2)CC1. The molecule has 1 saturated heterocycles. The number of nitrogens with zero attached hydrogens (tertiary/aromatic N) is 3. The lowest BCUT2D eigenvalue weighted by Crippen LogP contribution is -2.50. The Morgan fingerprint density at radius 1 is 1.00 bits per heavy atom. The third-order valence-electron chi connectivity index (χ3n) is 4.45. The van der Waals surface area contributed by atoms with E-state index in [-0.39, 0.29) is 23.1 Å². The standard InChI is InChI=1S/C19H18F2N4O3/c1-12(26)24-7-9-25(10-8-24)19(28)16-11-13(5-6-22-16)18(27)23-17-14(20)3-2-4-15(17)21/h2-6,11H,7-10H2,1H3,(H,23,27). The number of hydrogen-bond donors (Lipinski definition) is 1. The van der Waals surface area contributed by atoms with E-state index in [4.69, 9.17) is 0 Å². The lowest BCUT2D eigenvalue weighted by molar-refractivity contribution is -0.130. The molecule has 1 fully saturated rings. The third kappa shape index (κ3) is 4.13. The fraction of sp³-hybridized carbons (Fsp3) is 0.263. The summed E-state index contributed by atoms with van der Waals surface area (Å²) < 4.78 is 27.4. The summed E-state index contributed by atoms with van der Waals surface area (Å²) in [7, 11) is 0. The van der Waals surface area contributed by atoms with Gasteiger partial charge in [-0.2, -0.15) is 0 Å². The van der Waals surface area contributed by atoms with E-state index in [0.29, 0.717) is 26.2 Å². The molecule has 0 unspecified atom stereocenters. The van der Waals surface area contributed by atoms with E-state index in [2.05, 4.69) is 10.3 Å². The molecule has 2 heterocycles. The molecule has 1 N–H and O–H groups in total. The van der Waals surface area contributed by atoms with Crippen molar-refractivity contribution in [3.05, 3.63) is 59.4 Å². The smallest absolute Gasteiger partial charge is 0.272 e. The second kappa shape index (κ2) is 8.12. The molecule has 1 aliphatic heterocycles. The number of hydrogen-bond acceptors (Lipinski definition) is 4. The zero-order valence-corrected chi connectivity index (χ0v) is 15.1. The summed E-state index contributed by atoms with van der Waals surface area (Å²) in [5.74, 6) is -3.00. The van der Waals surface area contributed by atoms with Crippen LogP contribution in [0.3, 0.4) is 0 Å². The van der Waals surface area contributed by atoms with Crippen molar-refractivity contribution in [1.29, 1.82) is 0 Å². The molecule has 9 heteroatoms. The molecule has 2 aromatic rings. The van der Waals surface area contributed by atoms with Crippen molar-refractivity contribution in [2.24, 2.45) is 0 Å². The van der Waals surface area contributed by atoms with Crippen molar-refractivity contribution in [3.8, 4) is 0 Å². The van der Waals surface area contributed by atoms with E-state index in [1.807, 2.05) is 0 Å². The Kier molecular flexibility index (Phi) is 5.62. The second-order valence-corrected chi connectivity index (χ2v) is 6.28. The highest BCUT2D eigenvalue weighted by atomic mass is 19.1. The number of rotatable bonds is 3. The molecule has 1 aromatic carbocycles. The Hall–Kier alpha value is -3.36. The maximum absolute atomic E-state index is 13.7. The van der Waals surface area contributed by atoms with Gasteiger partial charge in [0.15, 0.2) is 0 Å². The molecule has 1 aromatic heterocycles. The average molecular weight is 388 g/mol. The minimum absolute atomic E-state index is 0.0398. The number of carbonyl (C=O) groups excluding carboxylic acids is 3. The minimum atomic E-state index is -0.901. The van der Waals surface area contributed by atoms with Crippen LogP contribution in [0, 0.1) is 11.6 Å². The fourth-order valence-electron chi connectivity index (χ4n) is 2.88. The molecule has 7 nitrogen and oxygen atoms in total. The Bertz CT molecular complexity index is 907. The molecule has 0 bridgehead atoms. The molecule has 28 heavy (non-hydrogen) atoms. The summed E-state index contributed by atoms with van der Waals surface area (Å²) in [6.07, 6.45) is 1.28. The first kappa shape index (κ1) is 19.4. The summed E-state index contributed by atoms with van der Waals surface area (Å²) in [5.41, 5.74) is -0.473. The van der Waals surface area contributed by atoms with Crippen LogP contribution in [0.4, 0.5) is 14.5 Å². The molecular formula is C19H18F2N4O3. The predicted molar refractivity (Wildman–Crippen MR) is 96.7 cm³/mol. The van der Waals surface area contributed by atoms with Gasteiger partial charge in [0.05, 0.1) is 0 Å². The summed E-state index contributed by atoms with van der Waals surface area (Å²) in [5, 5.41) is 2.17. The number of carbonyl (C=O) groups is 3. The van der Waals surface area contributed by atoms with Crippen LogP contribution in [0.1, 0.15) is 27.8 Å². The van der Waals surface area contributed by atoms with Gasteiger partial charge in [-0.15, -0.1) is 0 Å². The van der Waals surface area contributed by atoms with Crippen molar-refractivity contribution in [2.45, 2.75) is 6.92 Å². The number of aromatic nitrogens is 1. The van der Waals surface area contributed by atoms with E-state index in [9.17, 15) is 23.2 Å². The van der Waals surface area contributed by atoms with Crippen LogP contribution < -0.4 is 5.32 Å². The van der Waals surface area contributed by atoms with Crippen molar-refractivity contribution in [1.82, 2.24) is 14.8 Å². The molecule has 3 amide bonds. The van der Waals surface area contributed by atoms with Crippen LogP contribution in [0.25, 0.3) is 0 Å². The van der Waals surface area contributed by atoms with Crippen LogP contribution in [-0.2, 0) is 4.79 Å². The van der Waals surface area contributed by atoms with E-state index in [1.54, 1.807) is 9.80 Å². The van der Waals surface area contributed by atoms with E-state index >= 15 is 0 Å². The normalized spacial score (nSPS) is 14.0. The van der Waals surface area contributed by atoms with E-state index in [0.717, 1.165) is 12.1 Å². The quantitative estimate of drug-likeness (QED) is 0.871. The maximum atomic E-state index is 13.7. The fourth-order valence-corrected chi connectivity index (χ4v) is 2.88. The number of amides is 3. The number of benzene rings is 1. The lowest BCUT2D eigenvalue weighted by atomic mass is 10.2. The Morgan fingerprint density at radius 3 is 2.21 bits per heavy atom.